The van der Waals surface area contributed by atoms with Gasteiger partial charge in [0.15, 0.2) is 11.5 Å². The Balaban J connectivity index is 0.000000710. The van der Waals surface area contributed by atoms with Crippen LogP contribution in [-0.2, 0) is 19.1 Å². The molecule has 36 heavy (non-hydrogen) atoms. The molecule has 0 atom stereocenters. The number of carbonyl (C=O) groups excluding carboxylic acids is 2. The number of para-hydroxylation sites is 2. The van der Waals surface area contributed by atoms with Crippen LogP contribution in [0.1, 0.15) is 38.8 Å². The van der Waals surface area contributed by atoms with Gasteiger partial charge < -0.3 is 19.4 Å². The minimum atomic E-state index is -0.390. The fourth-order valence-corrected chi connectivity index (χ4v) is 4.10. The highest BCUT2D eigenvalue weighted by Crippen LogP contribution is 2.40. The van der Waals surface area contributed by atoms with Crippen molar-refractivity contribution in [3.63, 3.8) is 0 Å². The molecule has 4 aromatic rings. The normalized spacial score (nSPS) is 12.9. The molecule has 1 aliphatic rings. The second-order valence-corrected chi connectivity index (χ2v) is 6.97. The topological polar surface area (TPSA) is 84.2 Å². The zero-order valence-electron chi connectivity index (χ0n) is 21.2. The van der Waals surface area contributed by atoms with Crippen LogP contribution in [0.25, 0.3) is 33.0 Å². The van der Waals surface area contributed by atoms with Gasteiger partial charge in [-0.25, -0.2) is 0 Å². The van der Waals surface area contributed by atoms with Gasteiger partial charge in [-0.1, -0.05) is 64.1 Å². The quantitative estimate of drug-likeness (QED) is 0.166. The zero-order valence-corrected chi connectivity index (χ0v) is 25.5. The van der Waals surface area contributed by atoms with E-state index in [1.807, 2.05) is 76.2 Å². The molecule has 0 unspecified atom stereocenters. The lowest BCUT2D eigenvalue weighted by atomic mass is 9.86. The van der Waals surface area contributed by atoms with E-state index >= 15 is 0 Å². The summed E-state index contributed by atoms with van der Waals surface area (Å²) < 4.78 is 11.0. The Bertz CT molecular complexity index is 1310. The number of carbonyl (C=O) groups is 2. The van der Waals surface area contributed by atoms with Crippen LogP contribution in [0.4, 0.5) is 0 Å². The average Bonchev–Trinajstić information content (AvgIpc) is 3.57. The predicted octanol–water partition coefficient (Wildman–Crippen LogP) is 8.04. The third-order valence-corrected chi connectivity index (χ3v) is 5.45. The SMILES string of the molecule is CC.CC.COC1=C(c2c[nH]c3ccccc23)C(=O)C(OC)=C(c2c[nH]c3ccccc23)C1=O.II. The Morgan fingerprint density at radius 1 is 0.611 bits per heavy atom. The number of allylic oxidation sites excluding steroid dienone is 2. The molecule has 8 heteroatoms. The third kappa shape index (κ3) is 5.39. The van der Waals surface area contributed by atoms with Crippen LogP contribution in [0, 0.1) is 0 Å². The molecule has 0 spiro atoms. The van der Waals surface area contributed by atoms with E-state index in [1.165, 1.54) is 14.2 Å². The molecule has 0 aliphatic heterocycles. The number of rotatable bonds is 4. The first-order valence-corrected chi connectivity index (χ1v) is 17.9. The molecule has 0 amide bonds. The van der Waals surface area contributed by atoms with E-state index in [0.717, 1.165) is 21.8 Å². The van der Waals surface area contributed by atoms with E-state index in [4.69, 9.17) is 9.47 Å². The number of ketones is 2. The Labute approximate surface area is 234 Å². The van der Waals surface area contributed by atoms with E-state index < -0.39 is 0 Å². The van der Waals surface area contributed by atoms with Crippen LogP contribution < -0.4 is 0 Å². The highest BCUT2D eigenvalue weighted by molar-refractivity contribution is 15.0. The molecule has 190 valence electrons. The summed E-state index contributed by atoms with van der Waals surface area (Å²) in [6.45, 7) is 8.00. The van der Waals surface area contributed by atoms with E-state index in [-0.39, 0.29) is 34.2 Å². The van der Waals surface area contributed by atoms with Crippen molar-refractivity contribution in [2.24, 2.45) is 0 Å². The molecular formula is C28H30I2N2O4. The zero-order chi connectivity index (χ0) is 26.8. The number of ether oxygens (including phenoxy) is 2. The summed E-state index contributed by atoms with van der Waals surface area (Å²) in [7, 11) is 2.81. The molecular weight excluding hydrogens is 682 g/mol. The van der Waals surface area contributed by atoms with Crippen LogP contribution in [0.3, 0.4) is 0 Å². The first-order chi connectivity index (χ1) is 17.7. The molecule has 0 fully saturated rings. The molecule has 2 N–H and O–H groups in total. The summed E-state index contributed by atoms with van der Waals surface area (Å²) in [5.41, 5.74) is 3.32. The van der Waals surface area contributed by atoms with Crippen LogP contribution in [0.5, 0.6) is 0 Å². The van der Waals surface area contributed by atoms with Crippen molar-refractivity contribution in [2.75, 3.05) is 14.2 Å². The smallest absolute Gasteiger partial charge is 0.232 e. The Hall–Kier alpha value is -2.60. The average molecular weight is 712 g/mol. The Morgan fingerprint density at radius 3 is 1.28 bits per heavy atom. The van der Waals surface area contributed by atoms with Gasteiger partial charge in [-0.2, -0.15) is 0 Å². The Kier molecular flexibility index (Phi) is 11.7. The van der Waals surface area contributed by atoms with Crippen molar-refractivity contribution in [2.45, 2.75) is 27.7 Å². The maximum absolute atomic E-state index is 13.6. The molecule has 0 saturated heterocycles. The van der Waals surface area contributed by atoms with Crippen LogP contribution in [0.2, 0.25) is 0 Å². The fourth-order valence-electron chi connectivity index (χ4n) is 4.10. The number of aromatic amines is 2. The lowest BCUT2D eigenvalue weighted by Gasteiger charge is -2.22. The van der Waals surface area contributed by atoms with Crippen molar-refractivity contribution in [1.29, 1.82) is 0 Å². The molecule has 5 rings (SSSR count). The second-order valence-electron chi connectivity index (χ2n) is 6.97. The number of hydrogen-bond donors (Lipinski definition) is 2. The van der Waals surface area contributed by atoms with Crippen molar-refractivity contribution in [3.05, 3.63) is 83.6 Å². The second kappa shape index (κ2) is 14.2. The van der Waals surface area contributed by atoms with Crippen LogP contribution >= 0.6 is 37.2 Å². The standard InChI is InChI=1S/C24H18N2O4.2C2H6.I2/c1-29-23-19(15-11-25-17-9-5-3-7-13(15)17)22(28)24(30-2)20(21(23)27)16-12-26-18-10-6-4-8-14(16)18;3*1-2/h3-12,25-26H,1-2H3;2*1-2H3;. The lowest BCUT2D eigenvalue weighted by molar-refractivity contribution is -0.117. The molecule has 0 saturated carbocycles. The molecule has 1 aliphatic carbocycles. The molecule has 2 heterocycles. The van der Waals surface area contributed by atoms with Crippen molar-refractivity contribution < 1.29 is 19.1 Å². The van der Waals surface area contributed by atoms with Gasteiger partial charge in [0.1, 0.15) is 0 Å². The first-order valence-electron chi connectivity index (χ1n) is 11.6. The molecule has 6 nitrogen and oxygen atoms in total. The van der Waals surface area contributed by atoms with Gasteiger partial charge in [0.25, 0.3) is 0 Å². The monoisotopic (exact) mass is 712 g/mol. The summed E-state index contributed by atoms with van der Waals surface area (Å²) in [6, 6.07) is 15.2. The number of hydrogen-bond acceptors (Lipinski definition) is 4. The van der Waals surface area contributed by atoms with E-state index in [2.05, 4.69) is 47.2 Å². The van der Waals surface area contributed by atoms with Gasteiger partial charge in [-0.3, -0.25) is 9.59 Å². The number of halogens is 2. The number of Topliss-reactive ketones (excluding diaryl/α,β-unsaturated/α-hetero) is 2. The van der Waals surface area contributed by atoms with Gasteiger partial charge in [0.05, 0.1) is 25.4 Å². The highest BCUT2D eigenvalue weighted by Gasteiger charge is 2.39. The third-order valence-electron chi connectivity index (χ3n) is 5.45. The number of fused-ring (bicyclic) bond motifs is 2. The van der Waals surface area contributed by atoms with Gasteiger partial charge in [-0.15, -0.1) is 0 Å². The van der Waals surface area contributed by atoms with Gasteiger partial charge in [-0.05, 0) is 12.1 Å². The van der Waals surface area contributed by atoms with Crippen molar-refractivity contribution in [3.8, 4) is 0 Å². The van der Waals surface area contributed by atoms with Gasteiger partial charge in [0.2, 0.25) is 11.6 Å². The maximum Gasteiger partial charge on any atom is 0.232 e. The number of methoxy groups -OCH3 is 2. The van der Waals surface area contributed by atoms with E-state index in [0.29, 0.717) is 11.1 Å². The summed E-state index contributed by atoms with van der Waals surface area (Å²) in [5, 5.41) is 1.66. The first kappa shape index (κ1) is 29.6. The largest absolute Gasteiger partial charge is 0.492 e. The van der Waals surface area contributed by atoms with Crippen molar-refractivity contribution >= 4 is 81.8 Å². The molecule has 0 bridgehead atoms. The van der Waals surface area contributed by atoms with Crippen LogP contribution in [0.15, 0.2) is 72.4 Å². The highest BCUT2D eigenvalue weighted by atomic mass is 128. The molecule has 0 radical (unpaired) electrons. The van der Waals surface area contributed by atoms with E-state index in [9.17, 15) is 9.59 Å². The number of nitrogens with one attached hydrogen (secondary N) is 2. The number of benzene rings is 2. The number of H-pyrrole nitrogens is 2. The summed E-state index contributed by atoms with van der Waals surface area (Å²) in [5.74, 6) is -0.769. The summed E-state index contributed by atoms with van der Waals surface area (Å²) in [6.07, 6.45) is 3.43. The molecule has 2 aromatic heterocycles. The number of aromatic nitrogens is 2. The summed E-state index contributed by atoms with van der Waals surface area (Å²) in [4.78, 5) is 33.4. The van der Waals surface area contributed by atoms with E-state index in [1.54, 1.807) is 12.4 Å². The minimum absolute atomic E-state index is 0.00540. The van der Waals surface area contributed by atoms with Gasteiger partial charge >= 0.3 is 0 Å². The minimum Gasteiger partial charge on any atom is -0.492 e. The van der Waals surface area contributed by atoms with Gasteiger partial charge in [0, 0.05) is 82.6 Å². The van der Waals surface area contributed by atoms with Crippen LogP contribution in [-0.4, -0.2) is 35.8 Å². The van der Waals surface area contributed by atoms with Crippen molar-refractivity contribution in [1.82, 2.24) is 9.97 Å². The Morgan fingerprint density at radius 2 is 0.944 bits per heavy atom. The lowest BCUT2D eigenvalue weighted by Crippen LogP contribution is -2.24. The maximum atomic E-state index is 13.6. The molecule has 2 aromatic carbocycles. The fraction of sp³-hybridized carbons (Fsp3) is 0.214. The predicted molar refractivity (Wildman–Crippen MR) is 165 cm³/mol. The summed E-state index contributed by atoms with van der Waals surface area (Å²) >= 11 is 4.24.